The number of nitrogens with zero attached hydrogens (tertiary/aromatic N) is 2. The lowest BCUT2D eigenvalue weighted by atomic mass is 10.2. The van der Waals surface area contributed by atoms with Gasteiger partial charge in [-0.1, -0.05) is 23.7 Å². The summed E-state index contributed by atoms with van der Waals surface area (Å²) >= 11 is 6.05. The molecule has 0 bridgehead atoms. The molecule has 2 aromatic carbocycles. The minimum absolute atomic E-state index is 0.0645. The predicted octanol–water partition coefficient (Wildman–Crippen LogP) is 3.27. The second kappa shape index (κ2) is 8.51. The molecule has 0 radical (unpaired) electrons. The highest BCUT2D eigenvalue weighted by molar-refractivity contribution is 7.89. The van der Waals surface area contributed by atoms with Crippen LogP contribution < -0.4 is 4.74 Å². The molecular weight excluding hydrogens is 400 g/mol. The maximum Gasteiger partial charge on any atom is 0.253 e. The molecule has 1 amide bonds. The van der Waals surface area contributed by atoms with Gasteiger partial charge in [0, 0.05) is 31.7 Å². The average Bonchev–Trinajstić information content (AvgIpc) is 2.68. The molecule has 1 aliphatic rings. The molecule has 8 heteroatoms. The Balaban J connectivity index is 1.65. The molecule has 0 unspecified atom stereocenters. The Morgan fingerprint density at radius 1 is 1.00 bits per heavy atom. The van der Waals surface area contributed by atoms with E-state index in [1.807, 2.05) is 13.8 Å². The molecule has 0 spiro atoms. The second-order valence-corrected chi connectivity index (χ2v) is 9.13. The van der Waals surface area contributed by atoms with E-state index in [0.717, 1.165) is 0 Å². The van der Waals surface area contributed by atoms with Crippen molar-refractivity contribution in [3.63, 3.8) is 0 Å². The number of halogens is 1. The van der Waals surface area contributed by atoms with Crippen molar-refractivity contribution in [1.29, 1.82) is 0 Å². The van der Waals surface area contributed by atoms with Crippen molar-refractivity contribution >= 4 is 27.5 Å². The molecule has 28 heavy (non-hydrogen) atoms. The number of rotatable bonds is 5. The van der Waals surface area contributed by atoms with E-state index in [0.29, 0.717) is 24.4 Å². The van der Waals surface area contributed by atoms with Gasteiger partial charge in [-0.15, -0.1) is 0 Å². The van der Waals surface area contributed by atoms with Gasteiger partial charge in [0.1, 0.15) is 10.6 Å². The molecule has 1 saturated heterocycles. The van der Waals surface area contributed by atoms with Crippen LogP contribution in [-0.2, 0) is 10.0 Å². The summed E-state index contributed by atoms with van der Waals surface area (Å²) in [5, 5.41) is 0.199. The Hall–Kier alpha value is -2.09. The molecule has 0 saturated carbocycles. The van der Waals surface area contributed by atoms with E-state index >= 15 is 0 Å². The van der Waals surface area contributed by atoms with Gasteiger partial charge in [0.15, 0.2) is 0 Å². The Morgan fingerprint density at radius 3 is 2.18 bits per heavy atom. The van der Waals surface area contributed by atoms with E-state index in [1.165, 1.54) is 10.4 Å². The number of hydrogen-bond donors (Lipinski definition) is 0. The number of benzene rings is 2. The van der Waals surface area contributed by atoms with Crippen LogP contribution in [0.3, 0.4) is 0 Å². The van der Waals surface area contributed by atoms with Crippen LogP contribution in [0, 0.1) is 0 Å². The molecular formula is C20H23ClN2O4S. The first kappa shape index (κ1) is 20.6. The Kier molecular flexibility index (Phi) is 6.27. The van der Waals surface area contributed by atoms with Crippen LogP contribution in [0.1, 0.15) is 24.2 Å². The summed E-state index contributed by atoms with van der Waals surface area (Å²) in [6.07, 6.45) is 0.0645. The zero-order chi connectivity index (χ0) is 20.3. The first-order valence-corrected chi connectivity index (χ1v) is 10.9. The summed E-state index contributed by atoms with van der Waals surface area (Å²) in [4.78, 5) is 14.5. The molecule has 1 aliphatic heterocycles. The van der Waals surface area contributed by atoms with Crippen molar-refractivity contribution in [2.75, 3.05) is 26.2 Å². The topological polar surface area (TPSA) is 66.9 Å². The van der Waals surface area contributed by atoms with E-state index in [9.17, 15) is 13.2 Å². The number of carbonyl (C=O) groups excluding carboxylic acids is 1. The third-order valence-corrected chi connectivity index (χ3v) is 6.85. The lowest BCUT2D eigenvalue weighted by molar-refractivity contribution is 0.0698. The van der Waals surface area contributed by atoms with Crippen molar-refractivity contribution < 1.29 is 17.9 Å². The highest BCUT2D eigenvalue weighted by atomic mass is 35.5. The SMILES string of the molecule is CC(C)Oc1ccc(C(=O)N2CCN(S(=O)(=O)c3ccccc3Cl)CC2)cc1. The molecule has 0 atom stereocenters. The van der Waals surface area contributed by atoms with Crippen LogP contribution >= 0.6 is 11.6 Å². The molecule has 6 nitrogen and oxygen atoms in total. The number of hydrogen-bond acceptors (Lipinski definition) is 4. The number of amides is 1. The maximum absolute atomic E-state index is 12.8. The van der Waals surface area contributed by atoms with Crippen LogP contribution in [0.5, 0.6) is 5.75 Å². The quantitative estimate of drug-likeness (QED) is 0.741. The predicted molar refractivity (Wildman–Crippen MR) is 108 cm³/mol. The van der Waals surface area contributed by atoms with Gasteiger partial charge < -0.3 is 9.64 Å². The Morgan fingerprint density at radius 2 is 1.61 bits per heavy atom. The fourth-order valence-corrected chi connectivity index (χ4v) is 4.97. The van der Waals surface area contributed by atoms with Crippen LogP contribution in [0.2, 0.25) is 5.02 Å². The Labute approximate surface area is 170 Å². The van der Waals surface area contributed by atoms with E-state index in [4.69, 9.17) is 16.3 Å². The summed E-state index contributed by atoms with van der Waals surface area (Å²) < 4.78 is 32.6. The first-order valence-electron chi connectivity index (χ1n) is 9.09. The van der Waals surface area contributed by atoms with Crippen LogP contribution in [0.25, 0.3) is 0 Å². The van der Waals surface area contributed by atoms with Gasteiger partial charge in [0.05, 0.1) is 11.1 Å². The summed E-state index contributed by atoms with van der Waals surface area (Å²) in [7, 11) is -3.68. The average molecular weight is 423 g/mol. The molecule has 2 aromatic rings. The monoisotopic (exact) mass is 422 g/mol. The molecule has 0 aliphatic carbocycles. The van der Waals surface area contributed by atoms with Crippen molar-refractivity contribution in [3.8, 4) is 5.75 Å². The summed E-state index contributed by atoms with van der Waals surface area (Å²) in [6.45, 7) is 4.99. The van der Waals surface area contributed by atoms with E-state index in [-0.39, 0.29) is 35.0 Å². The van der Waals surface area contributed by atoms with Gasteiger partial charge >= 0.3 is 0 Å². The molecule has 1 fully saturated rings. The highest BCUT2D eigenvalue weighted by Gasteiger charge is 2.31. The van der Waals surface area contributed by atoms with Crippen molar-refractivity contribution in [1.82, 2.24) is 9.21 Å². The second-order valence-electron chi connectivity index (χ2n) is 6.82. The largest absolute Gasteiger partial charge is 0.491 e. The number of carbonyl (C=O) groups is 1. The summed E-state index contributed by atoms with van der Waals surface area (Å²) in [6, 6.07) is 13.4. The molecule has 150 valence electrons. The zero-order valence-electron chi connectivity index (χ0n) is 15.8. The summed E-state index contributed by atoms with van der Waals surface area (Å²) in [5.74, 6) is 0.591. The lowest BCUT2D eigenvalue weighted by Crippen LogP contribution is -2.50. The Bertz CT molecular complexity index is 937. The van der Waals surface area contributed by atoms with Gasteiger partial charge in [-0.2, -0.15) is 4.31 Å². The number of piperazine rings is 1. The molecule has 1 heterocycles. The van der Waals surface area contributed by atoms with Crippen LogP contribution in [0.4, 0.5) is 0 Å². The van der Waals surface area contributed by atoms with Gasteiger partial charge in [-0.05, 0) is 50.2 Å². The van der Waals surface area contributed by atoms with Crippen molar-refractivity contribution in [2.45, 2.75) is 24.8 Å². The minimum atomic E-state index is -3.68. The fraction of sp³-hybridized carbons (Fsp3) is 0.350. The van der Waals surface area contributed by atoms with Crippen LogP contribution in [0.15, 0.2) is 53.4 Å². The van der Waals surface area contributed by atoms with Crippen molar-refractivity contribution in [3.05, 3.63) is 59.1 Å². The maximum atomic E-state index is 12.8. The van der Waals surface area contributed by atoms with Gasteiger partial charge in [0.2, 0.25) is 10.0 Å². The molecule has 3 rings (SSSR count). The highest BCUT2D eigenvalue weighted by Crippen LogP contribution is 2.25. The van der Waals surface area contributed by atoms with Gasteiger partial charge in [-0.3, -0.25) is 4.79 Å². The van der Waals surface area contributed by atoms with Gasteiger partial charge in [0.25, 0.3) is 5.91 Å². The third-order valence-electron chi connectivity index (χ3n) is 4.45. The standard InChI is InChI=1S/C20H23ClN2O4S/c1-15(2)27-17-9-7-16(8-10-17)20(24)22-11-13-23(14-12-22)28(25,26)19-6-4-3-5-18(19)21/h3-10,15H,11-14H2,1-2H3. The fourth-order valence-electron chi connectivity index (χ4n) is 3.06. The van der Waals surface area contributed by atoms with Gasteiger partial charge in [-0.25, -0.2) is 8.42 Å². The smallest absolute Gasteiger partial charge is 0.253 e. The molecule has 0 N–H and O–H groups in total. The zero-order valence-corrected chi connectivity index (χ0v) is 17.4. The molecule has 0 aromatic heterocycles. The van der Waals surface area contributed by atoms with E-state index in [1.54, 1.807) is 47.4 Å². The first-order chi connectivity index (χ1) is 13.3. The number of ether oxygens (including phenoxy) is 1. The summed E-state index contributed by atoms with van der Waals surface area (Å²) in [5.41, 5.74) is 0.554. The van der Waals surface area contributed by atoms with E-state index in [2.05, 4.69) is 0 Å². The lowest BCUT2D eigenvalue weighted by Gasteiger charge is -2.34. The van der Waals surface area contributed by atoms with E-state index < -0.39 is 10.0 Å². The normalized spacial score (nSPS) is 15.6. The number of sulfonamides is 1. The minimum Gasteiger partial charge on any atom is -0.491 e. The third kappa shape index (κ3) is 4.48. The van der Waals surface area contributed by atoms with Crippen LogP contribution in [-0.4, -0.2) is 55.8 Å². The van der Waals surface area contributed by atoms with Crippen molar-refractivity contribution in [2.24, 2.45) is 0 Å².